The molecule has 0 aliphatic heterocycles. The molecule has 6 nitrogen and oxygen atoms in total. The van der Waals surface area contributed by atoms with Crippen LogP contribution in [0.1, 0.15) is 24.0 Å². The van der Waals surface area contributed by atoms with Crippen LogP contribution in [0.3, 0.4) is 0 Å². The monoisotopic (exact) mass is 373 g/mol. The lowest BCUT2D eigenvalue weighted by molar-refractivity contribution is -0.130. The van der Waals surface area contributed by atoms with Crippen LogP contribution in [-0.4, -0.2) is 41.9 Å². The normalized spacial score (nSPS) is 10.7. The van der Waals surface area contributed by atoms with Gasteiger partial charge in [0.2, 0.25) is 11.8 Å². The molecule has 138 valence electrons. The molecule has 0 saturated heterocycles. The number of amides is 2. The third-order valence-electron chi connectivity index (χ3n) is 3.55. The van der Waals surface area contributed by atoms with Gasteiger partial charge < -0.3 is 15.0 Å². The molecule has 2 amide bonds. The van der Waals surface area contributed by atoms with Crippen molar-refractivity contribution in [2.45, 2.75) is 20.3 Å². The van der Waals surface area contributed by atoms with Crippen LogP contribution in [0.5, 0.6) is 5.75 Å². The van der Waals surface area contributed by atoms with Gasteiger partial charge in [-0.3, -0.25) is 9.59 Å². The minimum Gasteiger partial charge on any atom is -0.495 e. The van der Waals surface area contributed by atoms with E-state index in [1.165, 1.54) is 22.3 Å². The highest BCUT2D eigenvalue weighted by Crippen LogP contribution is 2.22. The highest BCUT2D eigenvalue weighted by Gasteiger charge is 2.15. The molecule has 0 bridgehead atoms. The smallest absolute Gasteiger partial charge is 0.247 e. The van der Waals surface area contributed by atoms with E-state index in [1.807, 2.05) is 31.4 Å². The zero-order valence-electron chi connectivity index (χ0n) is 15.2. The number of anilines is 1. The number of hydrogen-bond acceptors (Lipinski definition) is 5. The summed E-state index contributed by atoms with van der Waals surface area (Å²) in [5, 5.41) is 5.62. The number of carbonyl (C=O) groups excluding carboxylic acids is 2. The fourth-order valence-electron chi connectivity index (χ4n) is 2.37. The standard InChI is InChI=1S/C19H23N3O3S/c1-4-11-22(19(24)10-9-15-13-26-14(2)20-15)12-18(23)21-16-7-5-6-8-17(16)25-3/h5-10,13H,4,11-12H2,1-3H3,(H,21,23)/b10-9+. The first-order chi connectivity index (χ1) is 12.5. The second kappa shape index (κ2) is 9.72. The number of hydrogen-bond donors (Lipinski definition) is 1. The number of methoxy groups -OCH3 is 1. The van der Waals surface area contributed by atoms with Crippen molar-refractivity contribution < 1.29 is 14.3 Å². The first kappa shape index (κ1) is 19.7. The van der Waals surface area contributed by atoms with Crippen molar-refractivity contribution in [1.29, 1.82) is 0 Å². The molecule has 2 rings (SSSR count). The fourth-order valence-corrected chi connectivity index (χ4v) is 2.95. The van der Waals surface area contributed by atoms with Crippen molar-refractivity contribution in [1.82, 2.24) is 9.88 Å². The number of aryl methyl sites for hydroxylation is 1. The summed E-state index contributed by atoms with van der Waals surface area (Å²) in [7, 11) is 1.54. The number of para-hydroxylation sites is 2. The maximum Gasteiger partial charge on any atom is 0.247 e. The molecular formula is C19H23N3O3S. The van der Waals surface area contributed by atoms with E-state index in [-0.39, 0.29) is 18.4 Å². The Morgan fingerprint density at radius 1 is 1.35 bits per heavy atom. The van der Waals surface area contributed by atoms with Gasteiger partial charge >= 0.3 is 0 Å². The molecule has 1 N–H and O–H groups in total. The van der Waals surface area contributed by atoms with E-state index in [0.29, 0.717) is 18.0 Å². The van der Waals surface area contributed by atoms with Gasteiger partial charge in [-0.2, -0.15) is 0 Å². The maximum atomic E-state index is 12.4. The summed E-state index contributed by atoms with van der Waals surface area (Å²) >= 11 is 1.53. The van der Waals surface area contributed by atoms with Gasteiger partial charge in [0, 0.05) is 18.0 Å². The van der Waals surface area contributed by atoms with Crippen molar-refractivity contribution in [2.75, 3.05) is 25.5 Å². The van der Waals surface area contributed by atoms with Gasteiger partial charge in [-0.15, -0.1) is 11.3 Å². The van der Waals surface area contributed by atoms with E-state index in [4.69, 9.17) is 4.74 Å². The lowest BCUT2D eigenvalue weighted by Gasteiger charge is -2.20. The summed E-state index contributed by atoms with van der Waals surface area (Å²) < 4.78 is 5.22. The molecule has 0 unspecified atom stereocenters. The molecule has 1 aromatic carbocycles. The summed E-state index contributed by atoms with van der Waals surface area (Å²) in [6, 6.07) is 7.16. The van der Waals surface area contributed by atoms with Crippen LogP contribution in [0.2, 0.25) is 0 Å². The highest BCUT2D eigenvalue weighted by molar-refractivity contribution is 7.09. The number of aromatic nitrogens is 1. The predicted molar refractivity (Wildman–Crippen MR) is 104 cm³/mol. The summed E-state index contributed by atoms with van der Waals surface area (Å²) in [6.07, 6.45) is 3.89. The molecule has 0 aliphatic rings. The summed E-state index contributed by atoms with van der Waals surface area (Å²) in [4.78, 5) is 30.6. The van der Waals surface area contributed by atoms with Crippen molar-refractivity contribution in [3.8, 4) is 5.75 Å². The first-order valence-electron chi connectivity index (χ1n) is 8.35. The van der Waals surface area contributed by atoms with Crippen LogP contribution >= 0.6 is 11.3 Å². The maximum absolute atomic E-state index is 12.4. The Balaban J connectivity index is 2.00. The van der Waals surface area contributed by atoms with Gasteiger partial charge in [-0.25, -0.2) is 4.98 Å². The molecule has 1 aromatic heterocycles. The lowest BCUT2D eigenvalue weighted by atomic mass is 10.3. The molecule has 0 spiro atoms. The molecule has 0 radical (unpaired) electrons. The molecular weight excluding hydrogens is 350 g/mol. The molecule has 0 fully saturated rings. The van der Waals surface area contributed by atoms with Crippen molar-refractivity contribution in [3.05, 3.63) is 46.4 Å². The topological polar surface area (TPSA) is 71.5 Å². The molecule has 0 saturated carbocycles. The minimum atomic E-state index is -0.269. The Morgan fingerprint density at radius 2 is 2.12 bits per heavy atom. The highest BCUT2D eigenvalue weighted by atomic mass is 32.1. The number of thiazole rings is 1. The SMILES string of the molecule is CCCN(CC(=O)Nc1ccccc1OC)C(=O)/C=C/c1csc(C)n1. The van der Waals surface area contributed by atoms with E-state index in [9.17, 15) is 9.59 Å². The van der Waals surface area contributed by atoms with Crippen molar-refractivity contribution in [3.63, 3.8) is 0 Å². The Labute approximate surface area is 157 Å². The Kier molecular flexibility index (Phi) is 7.35. The summed E-state index contributed by atoms with van der Waals surface area (Å²) in [5.74, 6) is 0.0925. The molecule has 26 heavy (non-hydrogen) atoms. The van der Waals surface area contributed by atoms with Crippen LogP contribution in [0.25, 0.3) is 6.08 Å². The van der Waals surface area contributed by atoms with E-state index in [0.717, 1.165) is 17.1 Å². The minimum absolute atomic E-state index is 0.0227. The van der Waals surface area contributed by atoms with Crippen LogP contribution in [-0.2, 0) is 9.59 Å². The van der Waals surface area contributed by atoms with Gasteiger partial charge in [0.25, 0.3) is 0 Å². The Hall–Kier alpha value is -2.67. The number of rotatable bonds is 8. The lowest BCUT2D eigenvalue weighted by Crippen LogP contribution is -2.37. The third-order valence-corrected chi connectivity index (χ3v) is 4.35. The molecule has 7 heteroatoms. The Bertz CT molecular complexity index is 786. The molecule has 0 aliphatic carbocycles. The number of benzene rings is 1. The predicted octanol–water partition coefficient (Wildman–Crippen LogP) is 3.35. The van der Waals surface area contributed by atoms with Crippen LogP contribution in [0, 0.1) is 6.92 Å². The summed E-state index contributed by atoms with van der Waals surface area (Å²) in [6.45, 7) is 4.35. The van der Waals surface area contributed by atoms with Gasteiger partial charge in [0.05, 0.1) is 23.5 Å². The summed E-state index contributed by atoms with van der Waals surface area (Å²) in [5.41, 5.74) is 1.33. The second-order valence-corrected chi connectivity index (χ2v) is 6.70. The quantitative estimate of drug-likeness (QED) is 0.720. The third kappa shape index (κ3) is 5.70. The number of nitrogens with one attached hydrogen (secondary N) is 1. The first-order valence-corrected chi connectivity index (χ1v) is 9.23. The fraction of sp³-hybridized carbons (Fsp3) is 0.316. The van der Waals surface area contributed by atoms with E-state index < -0.39 is 0 Å². The molecule has 1 heterocycles. The largest absolute Gasteiger partial charge is 0.495 e. The van der Waals surface area contributed by atoms with E-state index >= 15 is 0 Å². The van der Waals surface area contributed by atoms with Gasteiger partial charge in [-0.05, 0) is 31.6 Å². The zero-order valence-corrected chi connectivity index (χ0v) is 16.0. The van der Waals surface area contributed by atoms with Crippen molar-refractivity contribution in [2.24, 2.45) is 0 Å². The van der Waals surface area contributed by atoms with Gasteiger partial charge in [0.1, 0.15) is 12.3 Å². The van der Waals surface area contributed by atoms with Crippen LogP contribution in [0.4, 0.5) is 5.69 Å². The molecule has 2 aromatic rings. The van der Waals surface area contributed by atoms with Crippen molar-refractivity contribution >= 4 is 34.9 Å². The zero-order chi connectivity index (χ0) is 18.9. The number of ether oxygens (including phenoxy) is 1. The molecule has 0 atom stereocenters. The average Bonchev–Trinajstić information content (AvgIpc) is 3.05. The average molecular weight is 373 g/mol. The van der Waals surface area contributed by atoms with E-state index in [2.05, 4.69) is 10.3 Å². The van der Waals surface area contributed by atoms with Gasteiger partial charge in [0.15, 0.2) is 0 Å². The second-order valence-electron chi connectivity index (χ2n) is 5.63. The van der Waals surface area contributed by atoms with E-state index in [1.54, 1.807) is 25.3 Å². The van der Waals surface area contributed by atoms with Crippen LogP contribution in [0.15, 0.2) is 35.7 Å². The number of carbonyl (C=O) groups is 2. The van der Waals surface area contributed by atoms with Gasteiger partial charge in [-0.1, -0.05) is 19.1 Å². The number of nitrogens with zero attached hydrogens (tertiary/aromatic N) is 2. The van der Waals surface area contributed by atoms with Crippen LogP contribution < -0.4 is 10.1 Å². The Morgan fingerprint density at radius 3 is 2.77 bits per heavy atom.